The Balaban J connectivity index is 1.62. The van der Waals surface area contributed by atoms with Crippen molar-refractivity contribution in [3.63, 3.8) is 0 Å². The number of rotatable bonds is 4. The zero-order chi connectivity index (χ0) is 17.8. The molecule has 1 aromatic rings. The number of benzene rings is 1. The Labute approximate surface area is 154 Å². The Hall–Kier alpha value is -1.69. The average molecular weight is 364 g/mol. The summed E-state index contributed by atoms with van der Waals surface area (Å²) in [7, 11) is 0. The molecule has 2 aliphatic heterocycles. The van der Waals surface area contributed by atoms with E-state index in [-0.39, 0.29) is 17.8 Å². The maximum atomic E-state index is 13.0. The lowest BCUT2D eigenvalue weighted by Gasteiger charge is -2.50. The van der Waals surface area contributed by atoms with Crippen LogP contribution in [0.25, 0.3) is 0 Å². The molecule has 0 radical (unpaired) electrons. The molecule has 25 heavy (non-hydrogen) atoms. The Morgan fingerprint density at radius 1 is 1.24 bits per heavy atom. The topological polar surface area (TPSA) is 44.4 Å². The summed E-state index contributed by atoms with van der Waals surface area (Å²) in [5, 5.41) is 7.35. The van der Waals surface area contributed by atoms with Crippen LogP contribution in [0.2, 0.25) is 0 Å². The molecular weight excluding hydrogens is 337 g/mol. The van der Waals surface area contributed by atoms with Crippen LogP contribution in [0.5, 0.6) is 0 Å². The quantitative estimate of drug-likeness (QED) is 0.806. The van der Waals surface area contributed by atoms with Gasteiger partial charge < -0.3 is 15.5 Å². The third-order valence-corrected chi connectivity index (χ3v) is 5.53. The van der Waals surface area contributed by atoms with Gasteiger partial charge in [-0.25, -0.2) is 4.39 Å². The first-order valence-corrected chi connectivity index (χ1v) is 9.62. The van der Waals surface area contributed by atoms with Gasteiger partial charge in [0.05, 0.1) is 0 Å². The lowest BCUT2D eigenvalue weighted by molar-refractivity contribution is 0.0740. The van der Waals surface area contributed by atoms with E-state index in [0.717, 1.165) is 43.8 Å². The zero-order valence-electron chi connectivity index (χ0n) is 14.6. The van der Waals surface area contributed by atoms with Crippen LogP contribution in [-0.2, 0) is 0 Å². The summed E-state index contributed by atoms with van der Waals surface area (Å²) in [6.07, 6.45) is 6.34. The van der Waals surface area contributed by atoms with Gasteiger partial charge in [-0.1, -0.05) is 6.92 Å². The molecule has 6 heteroatoms. The summed E-state index contributed by atoms with van der Waals surface area (Å²) < 4.78 is 13.0. The van der Waals surface area contributed by atoms with Crippen LogP contribution in [0.3, 0.4) is 0 Å². The van der Waals surface area contributed by atoms with Gasteiger partial charge in [0, 0.05) is 30.2 Å². The van der Waals surface area contributed by atoms with Gasteiger partial charge in [-0.3, -0.25) is 4.79 Å². The number of halogens is 1. The molecule has 0 aliphatic carbocycles. The van der Waals surface area contributed by atoms with Crippen LogP contribution in [0.4, 0.5) is 4.39 Å². The Kier molecular flexibility index (Phi) is 5.89. The number of carbonyl (C=O) groups excluding carboxylic acids is 1. The molecule has 0 aromatic heterocycles. The van der Waals surface area contributed by atoms with Crippen molar-refractivity contribution in [3.05, 3.63) is 35.6 Å². The van der Waals surface area contributed by atoms with E-state index in [1.807, 2.05) is 0 Å². The molecule has 136 valence electrons. The lowest BCUT2D eigenvalue weighted by Crippen LogP contribution is -2.60. The van der Waals surface area contributed by atoms with E-state index < -0.39 is 0 Å². The van der Waals surface area contributed by atoms with Crippen molar-refractivity contribution < 1.29 is 9.18 Å². The second kappa shape index (κ2) is 8.13. The summed E-state index contributed by atoms with van der Waals surface area (Å²) in [6, 6.07) is 6.65. The van der Waals surface area contributed by atoms with Crippen molar-refractivity contribution in [1.82, 2.24) is 15.5 Å². The van der Waals surface area contributed by atoms with Crippen molar-refractivity contribution in [2.24, 2.45) is 0 Å². The molecule has 2 bridgehead atoms. The zero-order valence-corrected chi connectivity index (χ0v) is 15.4. The molecule has 2 N–H and O–H groups in total. The number of hydrogen-bond donors (Lipinski definition) is 2. The van der Waals surface area contributed by atoms with E-state index in [4.69, 9.17) is 12.2 Å². The van der Waals surface area contributed by atoms with Gasteiger partial charge in [-0.2, -0.15) is 0 Å². The molecular formula is C19H26FN3OS. The molecule has 1 amide bonds. The SMILES string of the molecule is CCCNC(=S)N1[C@@H]2CCC[C@@H]1CC(NC(=O)c1ccc(F)cc1)C2. The molecule has 2 saturated heterocycles. The predicted octanol–water partition coefficient (Wildman–Crippen LogP) is 3.23. The standard InChI is InChI=1S/C19H26FN3OS/c1-2-10-21-19(25)23-16-4-3-5-17(23)12-15(11-16)22-18(24)13-6-8-14(20)9-7-13/h6-9,15-17H,2-5,10-12H2,1H3,(H,21,25)(H,22,24)/t16-,17-/m1/s1. The molecule has 2 atom stereocenters. The predicted molar refractivity (Wildman–Crippen MR) is 101 cm³/mol. The highest BCUT2D eigenvalue weighted by Gasteiger charge is 2.39. The van der Waals surface area contributed by atoms with Gasteiger partial charge in [-0.15, -0.1) is 0 Å². The summed E-state index contributed by atoms with van der Waals surface area (Å²) in [5.74, 6) is -0.448. The molecule has 1 aromatic carbocycles. The van der Waals surface area contributed by atoms with Crippen LogP contribution >= 0.6 is 12.2 Å². The number of nitrogens with one attached hydrogen (secondary N) is 2. The van der Waals surface area contributed by atoms with Gasteiger partial charge in [0.2, 0.25) is 0 Å². The first-order chi connectivity index (χ1) is 12.1. The molecule has 2 heterocycles. The molecule has 3 rings (SSSR count). The minimum absolute atomic E-state index is 0.122. The maximum absolute atomic E-state index is 13.0. The van der Waals surface area contributed by atoms with Crippen molar-refractivity contribution in [2.75, 3.05) is 6.54 Å². The Bertz CT molecular complexity index is 608. The van der Waals surface area contributed by atoms with Gasteiger partial charge >= 0.3 is 0 Å². The summed E-state index contributed by atoms with van der Waals surface area (Å²) in [6.45, 7) is 3.03. The molecule has 2 aliphatic rings. The van der Waals surface area contributed by atoms with E-state index >= 15 is 0 Å². The normalized spacial score (nSPS) is 25.4. The molecule has 0 unspecified atom stereocenters. The third-order valence-electron chi connectivity index (χ3n) is 5.18. The first-order valence-electron chi connectivity index (χ1n) is 9.21. The number of amides is 1. The second-order valence-corrected chi connectivity index (χ2v) is 7.41. The van der Waals surface area contributed by atoms with E-state index in [0.29, 0.717) is 17.6 Å². The van der Waals surface area contributed by atoms with Gasteiger partial charge in [-0.05, 0) is 75.0 Å². The van der Waals surface area contributed by atoms with E-state index in [2.05, 4.69) is 22.5 Å². The third kappa shape index (κ3) is 4.29. The number of carbonyl (C=O) groups is 1. The lowest BCUT2D eigenvalue weighted by atomic mass is 9.82. The van der Waals surface area contributed by atoms with Crippen molar-refractivity contribution in [1.29, 1.82) is 0 Å². The highest BCUT2D eigenvalue weighted by molar-refractivity contribution is 7.80. The van der Waals surface area contributed by atoms with Gasteiger partial charge in [0.1, 0.15) is 5.82 Å². The smallest absolute Gasteiger partial charge is 0.251 e. The Morgan fingerprint density at radius 2 is 1.88 bits per heavy atom. The van der Waals surface area contributed by atoms with E-state index in [1.54, 1.807) is 0 Å². The number of thiocarbonyl (C=S) groups is 1. The van der Waals surface area contributed by atoms with Crippen LogP contribution in [-0.4, -0.2) is 40.6 Å². The minimum atomic E-state index is -0.326. The summed E-state index contributed by atoms with van der Waals surface area (Å²) >= 11 is 5.60. The average Bonchev–Trinajstić information content (AvgIpc) is 2.59. The van der Waals surface area contributed by atoms with Gasteiger partial charge in [0.15, 0.2) is 5.11 Å². The highest BCUT2D eigenvalue weighted by atomic mass is 32.1. The fraction of sp³-hybridized carbons (Fsp3) is 0.579. The largest absolute Gasteiger partial charge is 0.363 e. The summed E-state index contributed by atoms with van der Waals surface area (Å²) in [4.78, 5) is 14.8. The van der Waals surface area contributed by atoms with Crippen LogP contribution in [0.15, 0.2) is 24.3 Å². The molecule has 2 fully saturated rings. The highest BCUT2D eigenvalue weighted by Crippen LogP contribution is 2.34. The van der Waals surface area contributed by atoms with Crippen molar-refractivity contribution in [3.8, 4) is 0 Å². The fourth-order valence-corrected chi connectivity index (χ4v) is 4.42. The van der Waals surface area contributed by atoms with Gasteiger partial charge in [0.25, 0.3) is 5.91 Å². The van der Waals surface area contributed by atoms with Crippen molar-refractivity contribution in [2.45, 2.75) is 63.6 Å². The number of piperidine rings is 2. The van der Waals surface area contributed by atoms with Crippen LogP contribution in [0.1, 0.15) is 55.8 Å². The summed E-state index contributed by atoms with van der Waals surface area (Å²) in [5.41, 5.74) is 0.508. The number of fused-ring (bicyclic) bond motifs is 2. The fourth-order valence-electron chi connectivity index (χ4n) is 4.02. The minimum Gasteiger partial charge on any atom is -0.363 e. The van der Waals surface area contributed by atoms with Crippen molar-refractivity contribution >= 4 is 23.2 Å². The number of nitrogens with zero attached hydrogens (tertiary/aromatic N) is 1. The van der Waals surface area contributed by atoms with E-state index in [9.17, 15) is 9.18 Å². The molecule has 0 saturated carbocycles. The first kappa shape index (κ1) is 18.1. The van der Waals surface area contributed by atoms with E-state index in [1.165, 1.54) is 30.7 Å². The molecule has 0 spiro atoms. The monoisotopic (exact) mass is 363 g/mol. The molecule has 4 nitrogen and oxygen atoms in total. The number of hydrogen-bond acceptors (Lipinski definition) is 2. The second-order valence-electron chi connectivity index (χ2n) is 7.03. The van der Waals surface area contributed by atoms with Crippen LogP contribution in [0, 0.1) is 5.82 Å². The Morgan fingerprint density at radius 3 is 2.48 bits per heavy atom. The maximum Gasteiger partial charge on any atom is 0.251 e. The van der Waals surface area contributed by atoms with Crippen LogP contribution < -0.4 is 10.6 Å².